The van der Waals surface area contributed by atoms with Crippen LogP contribution in [0.15, 0.2) is 12.1 Å². The Morgan fingerprint density at radius 3 is 2.33 bits per heavy atom. The standard InChI is InChI=1S/C15H17ClF2N2O/c1-3-5-15(9-19,6-4-2)14(21)20-13-11(16)7-10(17)8-12(13)18/h7-8H,3-6H2,1-2H3,(H,20,21). The van der Waals surface area contributed by atoms with E-state index in [1.165, 1.54) is 0 Å². The molecule has 0 aliphatic rings. The molecule has 1 amide bonds. The number of nitriles is 1. The van der Waals surface area contributed by atoms with Gasteiger partial charge in [-0.3, -0.25) is 4.79 Å². The van der Waals surface area contributed by atoms with Crippen LogP contribution in [0.25, 0.3) is 0 Å². The lowest BCUT2D eigenvalue weighted by Gasteiger charge is -2.25. The van der Waals surface area contributed by atoms with E-state index in [1.807, 2.05) is 19.9 Å². The quantitative estimate of drug-likeness (QED) is 0.829. The Morgan fingerprint density at radius 2 is 1.90 bits per heavy atom. The van der Waals surface area contributed by atoms with Crippen molar-refractivity contribution in [1.82, 2.24) is 0 Å². The maximum Gasteiger partial charge on any atom is 0.244 e. The summed E-state index contributed by atoms with van der Waals surface area (Å²) in [6, 6.07) is 3.58. The van der Waals surface area contributed by atoms with Gasteiger partial charge >= 0.3 is 0 Å². The van der Waals surface area contributed by atoms with Crippen molar-refractivity contribution in [1.29, 1.82) is 5.26 Å². The molecule has 0 saturated carbocycles. The molecule has 0 fully saturated rings. The summed E-state index contributed by atoms with van der Waals surface area (Å²) in [6.07, 6.45) is 2.01. The molecule has 0 aliphatic heterocycles. The van der Waals surface area contributed by atoms with E-state index < -0.39 is 23.0 Å². The Morgan fingerprint density at radius 1 is 1.33 bits per heavy atom. The number of carbonyl (C=O) groups excluding carboxylic acids is 1. The van der Waals surface area contributed by atoms with Crippen LogP contribution in [0.1, 0.15) is 39.5 Å². The summed E-state index contributed by atoms with van der Waals surface area (Å²) in [5.74, 6) is -2.40. The summed E-state index contributed by atoms with van der Waals surface area (Å²) >= 11 is 5.75. The molecule has 21 heavy (non-hydrogen) atoms. The highest BCUT2D eigenvalue weighted by atomic mass is 35.5. The SMILES string of the molecule is CCCC(C#N)(CCC)C(=O)Nc1c(F)cc(F)cc1Cl. The third kappa shape index (κ3) is 3.92. The maximum absolute atomic E-state index is 13.7. The van der Waals surface area contributed by atoms with Gasteiger partial charge in [0, 0.05) is 6.07 Å². The Labute approximate surface area is 127 Å². The number of rotatable bonds is 6. The average Bonchev–Trinajstić information content (AvgIpc) is 2.42. The first-order valence-corrected chi connectivity index (χ1v) is 7.15. The lowest BCUT2D eigenvalue weighted by atomic mass is 9.79. The Kier molecular flexibility index (Phi) is 6.10. The van der Waals surface area contributed by atoms with Crippen molar-refractivity contribution in [3.05, 3.63) is 28.8 Å². The van der Waals surface area contributed by atoms with E-state index in [1.54, 1.807) is 0 Å². The van der Waals surface area contributed by atoms with Crippen LogP contribution in [-0.4, -0.2) is 5.91 Å². The molecule has 1 aromatic carbocycles. The minimum Gasteiger partial charge on any atom is -0.321 e. The molecule has 0 unspecified atom stereocenters. The van der Waals surface area contributed by atoms with Crippen LogP contribution in [0, 0.1) is 28.4 Å². The molecule has 6 heteroatoms. The highest BCUT2D eigenvalue weighted by Gasteiger charge is 2.37. The van der Waals surface area contributed by atoms with Gasteiger partial charge in [0.25, 0.3) is 0 Å². The van der Waals surface area contributed by atoms with Crippen molar-refractivity contribution in [2.45, 2.75) is 39.5 Å². The number of carbonyl (C=O) groups is 1. The lowest BCUT2D eigenvalue weighted by molar-refractivity contribution is -0.123. The van der Waals surface area contributed by atoms with Gasteiger partial charge in [-0.05, 0) is 18.9 Å². The zero-order valence-electron chi connectivity index (χ0n) is 12.0. The molecule has 0 aromatic heterocycles. The topological polar surface area (TPSA) is 52.9 Å². The van der Waals surface area contributed by atoms with Crippen molar-refractivity contribution in [2.75, 3.05) is 5.32 Å². The van der Waals surface area contributed by atoms with Gasteiger partial charge < -0.3 is 5.32 Å². The minimum atomic E-state index is -1.23. The molecule has 0 radical (unpaired) electrons. The second-order valence-electron chi connectivity index (χ2n) is 4.89. The van der Waals surface area contributed by atoms with Gasteiger partial charge in [0.1, 0.15) is 11.2 Å². The van der Waals surface area contributed by atoms with Crippen molar-refractivity contribution in [2.24, 2.45) is 5.41 Å². The summed E-state index contributed by atoms with van der Waals surface area (Å²) in [7, 11) is 0. The van der Waals surface area contributed by atoms with Crippen LogP contribution in [0.2, 0.25) is 5.02 Å². The lowest BCUT2D eigenvalue weighted by Crippen LogP contribution is -2.35. The number of amides is 1. The van der Waals surface area contributed by atoms with Crippen LogP contribution in [0.3, 0.4) is 0 Å². The molecule has 1 aromatic rings. The number of anilines is 1. The molecule has 114 valence electrons. The first-order chi connectivity index (χ1) is 9.90. The Balaban J connectivity index is 3.11. The molecular formula is C15H17ClF2N2O. The monoisotopic (exact) mass is 314 g/mol. The Bertz CT molecular complexity index is 540. The summed E-state index contributed by atoms with van der Waals surface area (Å²) in [6.45, 7) is 3.72. The van der Waals surface area contributed by atoms with Gasteiger partial charge in [0.15, 0.2) is 5.82 Å². The fraction of sp³-hybridized carbons (Fsp3) is 0.467. The van der Waals surface area contributed by atoms with Gasteiger partial charge in [-0.1, -0.05) is 38.3 Å². The fourth-order valence-electron chi connectivity index (χ4n) is 2.26. The predicted molar refractivity (Wildman–Crippen MR) is 77.9 cm³/mol. The van der Waals surface area contributed by atoms with Gasteiger partial charge in [-0.2, -0.15) is 5.26 Å². The zero-order chi connectivity index (χ0) is 16.0. The minimum absolute atomic E-state index is 0.235. The highest BCUT2D eigenvalue weighted by Crippen LogP contribution is 2.33. The molecule has 0 spiro atoms. The molecule has 3 nitrogen and oxygen atoms in total. The van der Waals surface area contributed by atoms with E-state index in [-0.39, 0.29) is 10.7 Å². The number of nitrogens with one attached hydrogen (secondary N) is 1. The van der Waals surface area contributed by atoms with Gasteiger partial charge in [0.2, 0.25) is 5.91 Å². The van der Waals surface area contributed by atoms with E-state index in [4.69, 9.17) is 11.6 Å². The summed E-state index contributed by atoms with van der Waals surface area (Å²) in [4.78, 5) is 12.4. The Hall–Kier alpha value is -1.67. The predicted octanol–water partition coefficient (Wildman–Crippen LogP) is 4.67. The fourth-order valence-corrected chi connectivity index (χ4v) is 2.50. The van der Waals surface area contributed by atoms with Gasteiger partial charge in [-0.25, -0.2) is 8.78 Å². The second kappa shape index (κ2) is 7.37. The van der Waals surface area contributed by atoms with Gasteiger partial charge in [0.05, 0.1) is 16.8 Å². The first kappa shape index (κ1) is 17.4. The molecule has 1 N–H and O–H groups in total. The summed E-state index contributed by atoms with van der Waals surface area (Å²) in [5.41, 5.74) is -1.52. The van der Waals surface area contributed by atoms with E-state index in [0.717, 1.165) is 6.07 Å². The van der Waals surface area contributed by atoms with Crippen molar-refractivity contribution in [3.63, 3.8) is 0 Å². The smallest absolute Gasteiger partial charge is 0.244 e. The molecule has 1 rings (SSSR count). The third-order valence-corrected chi connectivity index (χ3v) is 3.55. The van der Waals surface area contributed by atoms with Crippen LogP contribution < -0.4 is 5.32 Å². The second-order valence-corrected chi connectivity index (χ2v) is 5.30. The molecule has 0 heterocycles. The van der Waals surface area contributed by atoms with E-state index >= 15 is 0 Å². The number of nitrogens with zero attached hydrogens (tertiary/aromatic N) is 1. The molecule has 0 aliphatic carbocycles. The maximum atomic E-state index is 13.7. The van der Waals surface area contributed by atoms with Crippen molar-refractivity contribution < 1.29 is 13.6 Å². The van der Waals surface area contributed by atoms with Gasteiger partial charge in [-0.15, -0.1) is 0 Å². The number of hydrogen-bond donors (Lipinski definition) is 1. The molecule has 0 bridgehead atoms. The normalized spacial score (nSPS) is 11.0. The van der Waals surface area contributed by atoms with E-state index in [0.29, 0.717) is 31.7 Å². The number of benzene rings is 1. The van der Waals surface area contributed by atoms with E-state index in [2.05, 4.69) is 5.32 Å². The van der Waals surface area contributed by atoms with Crippen LogP contribution in [0.5, 0.6) is 0 Å². The first-order valence-electron chi connectivity index (χ1n) is 6.77. The van der Waals surface area contributed by atoms with Crippen LogP contribution >= 0.6 is 11.6 Å². The molecule has 0 atom stereocenters. The third-order valence-electron chi connectivity index (χ3n) is 3.25. The van der Waals surface area contributed by atoms with Crippen LogP contribution in [0.4, 0.5) is 14.5 Å². The highest BCUT2D eigenvalue weighted by molar-refractivity contribution is 6.33. The number of hydrogen-bond acceptors (Lipinski definition) is 2. The van der Waals surface area contributed by atoms with E-state index in [9.17, 15) is 18.8 Å². The summed E-state index contributed by atoms with van der Waals surface area (Å²) in [5, 5.41) is 11.5. The average molecular weight is 315 g/mol. The zero-order valence-corrected chi connectivity index (χ0v) is 12.7. The largest absolute Gasteiger partial charge is 0.321 e. The molecule has 0 saturated heterocycles. The number of halogens is 3. The van der Waals surface area contributed by atoms with Crippen LogP contribution in [-0.2, 0) is 4.79 Å². The summed E-state index contributed by atoms with van der Waals surface area (Å²) < 4.78 is 26.7. The van der Waals surface area contributed by atoms with Crippen molar-refractivity contribution >= 4 is 23.2 Å². The molecular weight excluding hydrogens is 298 g/mol. The van der Waals surface area contributed by atoms with Crippen molar-refractivity contribution in [3.8, 4) is 6.07 Å².